The van der Waals surface area contributed by atoms with Crippen molar-refractivity contribution in [3.05, 3.63) is 71.8 Å². The summed E-state index contributed by atoms with van der Waals surface area (Å²) < 4.78 is 31.8. The van der Waals surface area contributed by atoms with Gasteiger partial charge in [-0.25, -0.2) is 4.90 Å². The van der Waals surface area contributed by atoms with Gasteiger partial charge in [0, 0.05) is 5.39 Å². The van der Waals surface area contributed by atoms with Crippen LogP contribution in [0.2, 0.25) is 0 Å². The van der Waals surface area contributed by atoms with Crippen LogP contribution in [0.25, 0.3) is 10.8 Å². The fraction of sp³-hybridized carbons (Fsp3) is 0. The van der Waals surface area contributed by atoms with Crippen molar-refractivity contribution >= 4 is 38.4 Å². The van der Waals surface area contributed by atoms with Crippen molar-refractivity contribution in [3.63, 3.8) is 0 Å². The smallest absolute Gasteiger partial charge is 0.282 e. The lowest BCUT2D eigenvalue weighted by Crippen LogP contribution is -2.29. The predicted molar refractivity (Wildman–Crippen MR) is 91.3 cm³/mol. The van der Waals surface area contributed by atoms with Crippen molar-refractivity contribution in [2.75, 3.05) is 4.90 Å². The van der Waals surface area contributed by atoms with Crippen LogP contribution in [-0.2, 0) is 10.1 Å². The summed E-state index contributed by atoms with van der Waals surface area (Å²) in [5.41, 5.74) is 1.03. The Balaban J connectivity index is 1.91. The molecule has 3 aromatic carbocycles. The molecule has 0 aromatic heterocycles. The fourth-order valence-electron chi connectivity index (χ4n) is 3.01. The zero-order valence-corrected chi connectivity index (χ0v) is 13.5. The molecule has 0 saturated carbocycles. The van der Waals surface area contributed by atoms with E-state index in [4.69, 9.17) is 0 Å². The van der Waals surface area contributed by atoms with Gasteiger partial charge in [-0.05, 0) is 35.7 Å². The Morgan fingerprint density at radius 1 is 0.800 bits per heavy atom. The Kier molecular flexibility index (Phi) is 3.24. The fourth-order valence-corrected chi connectivity index (χ4v) is 3.52. The van der Waals surface area contributed by atoms with E-state index in [-0.39, 0.29) is 4.90 Å². The molecule has 6 nitrogen and oxygen atoms in total. The third kappa shape index (κ3) is 2.33. The van der Waals surface area contributed by atoms with Gasteiger partial charge >= 0.3 is 0 Å². The minimum Gasteiger partial charge on any atom is -0.282 e. The Morgan fingerprint density at radius 3 is 2.04 bits per heavy atom. The van der Waals surface area contributed by atoms with E-state index in [1.807, 2.05) is 0 Å². The maximum absolute atomic E-state index is 12.6. The number of nitrogens with zero attached hydrogens (tertiary/aromatic N) is 1. The summed E-state index contributed by atoms with van der Waals surface area (Å²) in [5.74, 6) is -0.848. The molecule has 0 atom stereocenters. The Hall–Kier alpha value is -3.03. The van der Waals surface area contributed by atoms with E-state index < -0.39 is 21.9 Å². The summed E-state index contributed by atoms with van der Waals surface area (Å²) in [4.78, 5) is 26.1. The average molecular weight is 353 g/mol. The van der Waals surface area contributed by atoms with Gasteiger partial charge in [0.15, 0.2) is 0 Å². The van der Waals surface area contributed by atoms with E-state index in [0.717, 1.165) is 4.90 Å². The molecule has 1 aliphatic heterocycles. The highest BCUT2D eigenvalue weighted by atomic mass is 32.2. The minimum absolute atomic E-state index is 0.250. The second-order valence-corrected chi connectivity index (χ2v) is 7.05. The number of hydrogen-bond acceptors (Lipinski definition) is 4. The quantitative estimate of drug-likeness (QED) is 0.565. The van der Waals surface area contributed by atoms with Gasteiger partial charge in [-0.3, -0.25) is 14.1 Å². The summed E-state index contributed by atoms with van der Waals surface area (Å²) in [7, 11) is -4.34. The molecule has 1 N–H and O–H groups in total. The molecule has 1 heterocycles. The number of rotatable bonds is 2. The average Bonchev–Trinajstić information content (AvgIpc) is 2.85. The Labute approximate surface area is 143 Å². The van der Waals surface area contributed by atoms with E-state index in [1.54, 1.807) is 42.5 Å². The molecule has 25 heavy (non-hydrogen) atoms. The molecule has 0 unspecified atom stereocenters. The molecule has 0 bridgehead atoms. The highest BCUT2D eigenvalue weighted by Gasteiger charge is 2.36. The first kappa shape index (κ1) is 15.5. The number of carbonyl (C=O) groups excluding carboxylic acids is 2. The van der Waals surface area contributed by atoms with Crippen LogP contribution in [0.5, 0.6) is 0 Å². The van der Waals surface area contributed by atoms with Gasteiger partial charge in [-0.2, -0.15) is 8.42 Å². The summed E-state index contributed by atoms with van der Waals surface area (Å²) in [6, 6.07) is 15.5. The lowest BCUT2D eigenvalue weighted by atomic mass is 10.1. The standard InChI is InChI=1S/C18H11NO5S/c20-17-14-5-1-2-6-15(14)18(21)19(17)16-7-3-4-11-10-12(25(22,23)24)8-9-13(11)16/h1-10H,(H,22,23,24). The molecule has 124 valence electrons. The lowest BCUT2D eigenvalue weighted by Gasteiger charge is -2.16. The molecule has 4 rings (SSSR count). The van der Waals surface area contributed by atoms with E-state index >= 15 is 0 Å². The van der Waals surface area contributed by atoms with Crippen LogP contribution >= 0.6 is 0 Å². The lowest BCUT2D eigenvalue weighted by molar-refractivity contribution is 0.0926. The van der Waals surface area contributed by atoms with E-state index in [2.05, 4.69) is 0 Å². The monoisotopic (exact) mass is 353 g/mol. The van der Waals surface area contributed by atoms with Crippen LogP contribution in [0.4, 0.5) is 5.69 Å². The highest BCUT2D eigenvalue weighted by molar-refractivity contribution is 7.85. The van der Waals surface area contributed by atoms with Gasteiger partial charge in [-0.1, -0.05) is 30.3 Å². The van der Waals surface area contributed by atoms with Gasteiger partial charge in [-0.15, -0.1) is 0 Å². The van der Waals surface area contributed by atoms with Crippen LogP contribution in [0.15, 0.2) is 65.6 Å². The molecule has 3 aromatic rings. The maximum atomic E-state index is 12.6. The van der Waals surface area contributed by atoms with Crippen molar-refractivity contribution in [2.24, 2.45) is 0 Å². The predicted octanol–water partition coefficient (Wildman–Crippen LogP) is 2.89. The van der Waals surface area contributed by atoms with Crippen molar-refractivity contribution in [1.82, 2.24) is 0 Å². The first-order chi connectivity index (χ1) is 11.9. The van der Waals surface area contributed by atoms with Crippen LogP contribution in [0, 0.1) is 0 Å². The number of hydrogen-bond donors (Lipinski definition) is 1. The normalized spacial score (nSPS) is 14.2. The second kappa shape index (κ2) is 5.23. The zero-order chi connectivity index (χ0) is 17.8. The van der Waals surface area contributed by atoms with E-state index in [0.29, 0.717) is 27.6 Å². The number of carbonyl (C=O) groups is 2. The molecule has 7 heteroatoms. The van der Waals surface area contributed by atoms with Gasteiger partial charge in [0.2, 0.25) is 0 Å². The van der Waals surface area contributed by atoms with E-state index in [1.165, 1.54) is 18.2 Å². The number of anilines is 1. The largest absolute Gasteiger partial charge is 0.294 e. The summed E-state index contributed by atoms with van der Waals surface area (Å²) in [6.07, 6.45) is 0. The topological polar surface area (TPSA) is 91.8 Å². The first-order valence-electron chi connectivity index (χ1n) is 7.36. The van der Waals surface area contributed by atoms with Crippen molar-refractivity contribution in [1.29, 1.82) is 0 Å². The highest BCUT2D eigenvalue weighted by Crippen LogP contribution is 2.34. The second-order valence-electron chi connectivity index (χ2n) is 5.63. The van der Waals surface area contributed by atoms with Gasteiger partial charge < -0.3 is 0 Å². The van der Waals surface area contributed by atoms with Crippen molar-refractivity contribution in [3.8, 4) is 0 Å². The summed E-state index contributed by atoms with van der Waals surface area (Å²) in [5, 5.41) is 1.02. The molecular weight excluding hydrogens is 342 g/mol. The van der Waals surface area contributed by atoms with Crippen LogP contribution in [0.1, 0.15) is 20.7 Å². The molecule has 1 aliphatic rings. The molecule has 0 spiro atoms. The molecule has 0 aliphatic carbocycles. The first-order valence-corrected chi connectivity index (χ1v) is 8.80. The van der Waals surface area contributed by atoms with Gasteiger partial charge in [0.05, 0.1) is 21.7 Å². The third-order valence-corrected chi connectivity index (χ3v) is 5.01. The summed E-state index contributed by atoms with van der Waals surface area (Å²) >= 11 is 0. The van der Waals surface area contributed by atoms with Crippen LogP contribution < -0.4 is 4.90 Å². The molecule has 0 fully saturated rings. The SMILES string of the molecule is O=C1c2ccccc2C(=O)N1c1cccc2cc(S(=O)(=O)O)ccc12. The number of amides is 2. The number of imide groups is 1. The van der Waals surface area contributed by atoms with Crippen molar-refractivity contribution < 1.29 is 22.6 Å². The molecule has 0 saturated heterocycles. The Bertz CT molecular complexity index is 1130. The molecule has 0 radical (unpaired) electrons. The molecular formula is C18H11NO5S. The number of fused-ring (bicyclic) bond motifs is 2. The van der Waals surface area contributed by atoms with Crippen LogP contribution in [0.3, 0.4) is 0 Å². The zero-order valence-electron chi connectivity index (χ0n) is 12.7. The Morgan fingerprint density at radius 2 is 1.44 bits per heavy atom. The number of benzene rings is 3. The minimum atomic E-state index is -4.34. The molecule has 2 amide bonds. The third-order valence-electron chi connectivity index (χ3n) is 4.16. The van der Waals surface area contributed by atoms with Gasteiger partial charge in [0.25, 0.3) is 21.9 Å². The van der Waals surface area contributed by atoms with Gasteiger partial charge in [0.1, 0.15) is 0 Å². The van der Waals surface area contributed by atoms with Crippen LogP contribution in [-0.4, -0.2) is 24.8 Å². The maximum Gasteiger partial charge on any atom is 0.294 e. The summed E-state index contributed by atoms with van der Waals surface area (Å²) in [6.45, 7) is 0. The van der Waals surface area contributed by atoms with E-state index in [9.17, 15) is 22.6 Å². The van der Waals surface area contributed by atoms with Crippen molar-refractivity contribution in [2.45, 2.75) is 4.90 Å².